The van der Waals surface area contributed by atoms with Crippen molar-refractivity contribution in [3.05, 3.63) is 105 Å². The Labute approximate surface area is 257 Å². The number of thiazole rings is 1. The summed E-state index contributed by atoms with van der Waals surface area (Å²) in [6.45, 7) is 5.95. The number of esters is 1. The number of nitrogens with zero attached hydrogens (tertiary/aromatic N) is 2. The highest BCUT2D eigenvalue weighted by molar-refractivity contribution is 7.17. The number of aromatic hydroxyl groups is 1. The van der Waals surface area contributed by atoms with E-state index in [1.807, 2.05) is 31.2 Å². The van der Waals surface area contributed by atoms with Crippen molar-refractivity contribution in [1.82, 2.24) is 4.98 Å². The van der Waals surface area contributed by atoms with Gasteiger partial charge in [0.25, 0.3) is 5.78 Å². The van der Waals surface area contributed by atoms with Gasteiger partial charge in [-0.2, -0.15) is 0 Å². The SMILES string of the molecule is CCOc1cc(C2/C(=C(\O)c3ccc(OCc4ccccc4C)cc3)C(=O)C(=O)N2c2nc(C)c(C(=O)OC)s2)ccc1O. The third-order valence-electron chi connectivity index (χ3n) is 7.19. The van der Waals surface area contributed by atoms with Crippen LogP contribution in [0.1, 0.15) is 50.6 Å². The first-order valence-electron chi connectivity index (χ1n) is 13.7. The number of hydrogen-bond donors (Lipinski definition) is 2. The van der Waals surface area contributed by atoms with Crippen molar-refractivity contribution >= 4 is 39.9 Å². The summed E-state index contributed by atoms with van der Waals surface area (Å²) in [4.78, 5) is 45.2. The number of aromatic nitrogens is 1. The average Bonchev–Trinajstić information content (AvgIpc) is 3.53. The monoisotopic (exact) mass is 614 g/mol. The molecule has 1 amide bonds. The molecular weight excluding hydrogens is 584 g/mol. The second-order valence-electron chi connectivity index (χ2n) is 9.97. The van der Waals surface area contributed by atoms with Crippen molar-refractivity contribution < 1.29 is 38.8 Å². The lowest BCUT2D eigenvalue weighted by Gasteiger charge is -2.23. The van der Waals surface area contributed by atoms with Gasteiger partial charge in [0.05, 0.1) is 31.0 Å². The number of carbonyl (C=O) groups is 3. The summed E-state index contributed by atoms with van der Waals surface area (Å²) in [5.41, 5.74) is 2.92. The topological polar surface area (TPSA) is 135 Å². The van der Waals surface area contributed by atoms with Gasteiger partial charge in [-0.1, -0.05) is 41.7 Å². The number of amides is 1. The molecule has 11 heteroatoms. The maximum Gasteiger partial charge on any atom is 0.350 e. The normalized spacial score (nSPS) is 15.8. The predicted octanol–water partition coefficient (Wildman–Crippen LogP) is 5.86. The summed E-state index contributed by atoms with van der Waals surface area (Å²) in [5.74, 6) is -2.36. The molecule has 0 saturated carbocycles. The minimum Gasteiger partial charge on any atom is -0.507 e. The van der Waals surface area contributed by atoms with E-state index in [1.54, 1.807) is 38.1 Å². The van der Waals surface area contributed by atoms with Gasteiger partial charge in [-0.25, -0.2) is 9.78 Å². The Hall–Kier alpha value is -5.16. The highest BCUT2D eigenvalue weighted by Gasteiger charge is 2.48. The Morgan fingerprint density at radius 1 is 1.02 bits per heavy atom. The predicted molar refractivity (Wildman–Crippen MR) is 164 cm³/mol. The summed E-state index contributed by atoms with van der Waals surface area (Å²) in [6.07, 6.45) is 0. The lowest BCUT2D eigenvalue weighted by atomic mass is 9.95. The zero-order valence-electron chi connectivity index (χ0n) is 24.5. The Bertz CT molecular complexity index is 1780. The lowest BCUT2D eigenvalue weighted by molar-refractivity contribution is -0.132. The van der Waals surface area contributed by atoms with Crippen LogP contribution in [0, 0.1) is 13.8 Å². The lowest BCUT2D eigenvalue weighted by Crippen LogP contribution is -2.29. The average molecular weight is 615 g/mol. The zero-order valence-corrected chi connectivity index (χ0v) is 25.3. The Morgan fingerprint density at radius 3 is 2.43 bits per heavy atom. The second kappa shape index (κ2) is 12.6. The first-order chi connectivity index (χ1) is 21.1. The van der Waals surface area contributed by atoms with E-state index in [4.69, 9.17) is 14.2 Å². The van der Waals surface area contributed by atoms with Gasteiger partial charge < -0.3 is 24.4 Å². The summed E-state index contributed by atoms with van der Waals surface area (Å²) in [5, 5.41) is 21.9. The van der Waals surface area contributed by atoms with E-state index in [-0.39, 0.29) is 39.3 Å². The number of aryl methyl sites for hydroxylation is 2. The molecule has 0 aliphatic carbocycles. The third-order valence-corrected chi connectivity index (χ3v) is 8.33. The number of ether oxygens (including phenoxy) is 3. The van der Waals surface area contributed by atoms with Gasteiger partial charge in [-0.15, -0.1) is 0 Å². The first kappa shape index (κ1) is 30.3. The van der Waals surface area contributed by atoms with E-state index in [0.717, 1.165) is 27.4 Å². The fourth-order valence-corrected chi connectivity index (χ4v) is 5.89. The number of phenols is 1. The van der Waals surface area contributed by atoms with Gasteiger partial charge in [-0.3, -0.25) is 14.5 Å². The Balaban J connectivity index is 1.57. The Kier molecular flexibility index (Phi) is 8.68. The van der Waals surface area contributed by atoms with Crippen LogP contribution < -0.4 is 14.4 Å². The van der Waals surface area contributed by atoms with E-state index in [1.165, 1.54) is 25.3 Å². The van der Waals surface area contributed by atoms with Gasteiger partial charge in [0.1, 0.15) is 23.0 Å². The number of Topliss-reactive ketones (excluding diaryl/α,β-unsaturated/α-hetero) is 1. The molecule has 1 aromatic heterocycles. The number of anilines is 1. The molecule has 0 spiro atoms. The van der Waals surface area contributed by atoms with Crippen molar-refractivity contribution in [2.75, 3.05) is 18.6 Å². The molecule has 1 fully saturated rings. The summed E-state index contributed by atoms with van der Waals surface area (Å²) >= 11 is 0.893. The summed E-state index contributed by atoms with van der Waals surface area (Å²) in [6, 6.07) is 17.7. The van der Waals surface area contributed by atoms with E-state index in [2.05, 4.69) is 4.98 Å². The van der Waals surface area contributed by atoms with Gasteiger partial charge in [0.15, 0.2) is 16.6 Å². The van der Waals surface area contributed by atoms with Crippen LogP contribution in [0.15, 0.2) is 72.3 Å². The molecule has 5 rings (SSSR count). The molecule has 0 bridgehead atoms. The van der Waals surface area contributed by atoms with Gasteiger partial charge in [0, 0.05) is 5.56 Å². The second-order valence-corrected chi connectivity index (χ2v) is 10.9. The number of methoxy groups -OCH3 is 1. The molecule has 1 atom stereocenters. The van der Waals surface area contributed by atoms with Crippen LogP contribution in [0.2, 0.25) is 0 Å². The molecule has 1 unspecified atom stereocenters. The first-order valence-corrected chi connectivity index (χ1v) is 14.6. The molecule has 2 heterocycles. The van der Waals surface area contributed by atoms with Crippen molar-refractivity contribution in [1.29, 1.82) is 0 Å². The van der Waals surface area contributed by atoms with Crippen LogP contribution in [0.3, 0.4) is 0 Å². The maximum absolute atomic E-state index is 13.6. The van der Waals surface area contributed by atoms with Crippen molar-refractivity contribution in [3.8, 4) is 17.2 Å². The highest BCUT2D eigenvalue weighted by atomic mass is 32.1. The minimum absolute atomic E-state index is 0.0695. The quantitative estimate of drug-likeness (QED) is 0.103. The fraction of sp³-hybridized carbons (Fsp3) is 0.212. The van der Waals surface area contributed by atoms with Crippen LogP contribution in [0.4, 0.5) is 5.13 Å². The van der Waals surface area contributed by atoms with Gasteiger partial charge in [-0.05, 0) is 73.9 Å². The molecule has 2 N–H and O–H groups in total. The summed E-state index contributed by atoms with van der Waals surface area (Å²) < 4.78 is 16.3. The molecule has 3 aromatic carbocycles. The van der Waals surface area contributed by atoms with Crippen LogP contribution in [0.5, 0.6) is 17.2 Å². The fourth-order valence-electron chi connectivity index (χ4n) is 4.88. The molecule has 0 radical (unpaired) electrons. The van der Waals surface area contributed by atoms with E-state index < -0.39 is 29.5 Å². The molecule has 10 nitrogen and oxygen atoms in total. The zero-order chi connectivity index (χ0) is 31.5. The molecular formula is C33H30N2O8S. The largest absolute Gasteiger partial charge is 0.507 e. The van der Waals surface area contributed by atoms with Crippen molar-refractivity contribution in [2.45, 2.75) is 33.4 Å². The number of phenolic OH excluding ortho intramolecular Hbond substituents is 1. The molecule has 44 heavy (non-hydrogen) atoms. The minimum atomic E-state index is -1.15. The van der Waals surface area contributed by atoms with E-state index in [9.17, 15) is 24.6 Å². The number of aliphatic hydroxyl groups excluding tert-OH is 1. The summed E-state index contributed by atoms with van der Waals surface area (Å²) in [7, 11) is 1.23. The molecule has 1 saturated heterocycles. The number of carbonyl (C=O) groups excluding carboxylic acids is 3. The van der Waals surface area contributed by atoms with Crippen LogP contribution in [-0.4, -0.2) is 46.6 Å². The van der Waals surface area contributed by atoms with Crippen LogP contribution in [0.25, 0.3) is 5.76 Å². The van der Waals surface area contributed by atoms with E-state index >= 15 is 0 Å². The third kappa shape index (κ3) is 5.73. The number of aliphatic hydroxyl groups is 1. The van der Waals surface area contributed by atoms with E-state index in [0.29, 0.717) is 23.6 Å². The number of rotatable bonds is 9. The highest BCUT2D eigenvalue weighted by Crippen LogP contribution is 2.45. The van der Waals surface area contributed by atoms with Crippen molar-refractivity contribution in [2.24, 2.45) is 0 Å². The van der Waals surface area contributed by atoms with Crippen molar-refractivity contribution in [3.63, 3.8) is 0 Å². The number of ketones is 1. The maximum atomic E-state index is 13.6. The standard InChI is InChI=1S/C33H30N2O8S/c1-5-42-25-16-21(12-15-24(25)36)27-26(29(38)31(39)35(27)33-34-19(3)30(44-33)32(40)41-4)28(37)20-10-13-23(14-11-20)43-17-22-9-7-6-8-18(22)2/h6-16,27,36-37H,5,17H2,1-4H3/b28-26+. The molecule has 1 aliphatic heterocycles. The van der Waals surface area contributed by atoms with Crippen LogP contribution in [-0.2, 0) is 20.9 Å². The van der Waals surface area contributed by atoms with Gasteiger partial charge in [0.2, 0.25) is 0 Å². The number of hydrogen-bond acceptors (Lipinski definition) is 10. The van der Waals surface area contributed by atoms with Crippen LogP contribution >= 0.6 is 11.3 Å². The molecule has 4 aromatic rings. The smallest absolute Gasteiger partial charge is 0.350 e. The van der Waals surface area contributed by atoms with Gasteiger partial charge >= 0.3 is 11.9 Å². The Morgan fingerprint density at radius 2 is 1.75 bits per heavy atom. The molecule has 1 aliphatic rings. The number of benzene rings is 3. The molecule has 226 valence electrons.